The van der Waals surface area contributed by atoms with E-state index in [1.54, 1.807) is 0 Å². The third-order valence-corrected chi connectivity index (χ3v) is 6.46. The van der Waals surface area contributed by atoms with E-state index in [0.29, 0.717) is 0 Å². The monoisotopic (exact) mass is 419 g/mol. The molecule has 30 heavy (non-hydrogen) atoms. The summed E-state index contributed by atoms with van der Waals surface area (Å²) in [6.07, 6.45) is 33.8. The van der Waals surface area contributed by atoms with Crippen molar-refractivity contribution in [2.75, 3.05) is 0 Å². The first kappa shape index (κ1) is 27.2. The fourth-order valence-corrected chi connectivity index (χ4v) is 4.39. The van der Waals surface area contributed by atoms with Gasteiger partial charge >= 0.3 is 0 Å². The summed E-state index contributed by atoms with van der Waals surface area (Å²) in [5, 5.41) is 0. The third kappa shape index (κ3) is 16.9. The number of nitrogens with zero attached hydrogens (tertiary/aromatic N) is 2. The molecule has 0 aromatic carbocycles. The number of rotatable bonds is 22. The molecule has 0 fully saturated rings. The zero-order valence-corrected chi connectivity index (χ0v) is 21.1. The highest BCUT2D eigenvalue weighted by atomic mass is 15.1. The number of unbranched alkanes of at least 4 members (excludes halogenated alkanes) is 16. The Balaban J connectivity index is 1.87. The Bertz CT molecular complexity index is 463. The molecule has 0 aliphatic carbocycles. The van der Waals surface area contributed by atoms with E-state index >= 15 is 0 Å². The fraction of sp³-hybridized carbons (Fsp3) is 0.893. The topological polar surface area (TPSA) is 8.81 Å². The van der Waals surface area contributed by atoms with Gasteiger partial charge in [-0.2, -0.15) is 0 Å². The van der Waals surface area contributed by atoms with E-state index in [4.69, 9.17) is 0 Å². The summed E-state index contributed by atoms with van der Waals surface area (Å²) in [5.74, 6) is 0.875. The molecule has 1 aromatic rings. The number of aromatic nitrogens is 2. The van der Waals surface area contributed by atoms with Gasteiger partial charge in [-0.1, -0.05) is 117 Å². The zero-order valence-electron chi connectivity index (χ0n) is 21.1. The molecule has 1 heterocycles. The molecule has 2 nitrogen and oxygen atoms in total. The Morgan fingerprint density at radius 2 is 1.13 bits per heavy atom. The van der Waals surface area contributed by atoms with Crippen LogP contribution in [0.2, 0.25) is 0 Å². The lowest BCUT2D eigenvalue weighted by Crippen LogP contribution is -2.30. The summed E-state index contributed by atoms with van der Waals surface area (Å²) < 4.78 is 4.78. The van der Waals surface area contributed by atoms with Crippen LogP contribution in [-0.2, 0) is 13.1 Å². The van der Waals surface area contributed by atoms with E-state index in [9.17, 15) is 0 Å². The maximum absolute atomic E-state index is 2.39. The Hall–Kier alpha value is -0.790. The average molecular weight is 420 g/mol. The van der Waals surface area contributed by atoms with Crippen molar-refractivity contribution in [3.8, 4) is 0 Å². The molecule has 0 saturated heterocycles. The normalized spacial score (nSPS) is 11.6. The molecule has 0 atom stereocenters. The second-order valence-electron chi connectivity index (χ2n) is 10.1. The maximum Gasteiger partial charge on any atom is 0.243 e. The fourth-order valence-electron chi connectivity index (χ4n) is 4.39. The summed E-state index contributed by atoms with van der Waals surface area (Å²) in [6.45, 7) is 9.35. The molecule has 0 bridgehead atoms. The molecule has 0 aliphatic rings. The molecule has 176 valence electrons. The van der Waals surface area contributed by atoms with Crippen molar-refractivity contribution in [1.29, 1.82) is 0 Å². The van der Waals surface area contributed by atoms with Crippen molar-refractivity contribution in [2.24, 2.45) is 5.92 Å². The lowest BCUT2D eigenvalue weighted by atomic mass is 10.0. The highest BCUT2D eigenvalue weighted by Gasteiger charge is 2.03. The maximum atomic E-state index is 2.39. The van der Waals surface area contributed by atoms with Gasteiger partial charge in [-0.25, -0.2) is 9.13 Å². The van der Waals surface area contributed by atoms with Crippen LogP contribution in [0.3, 0.4) is 0 Å². The minimum absolute atomic E-state index is 0.875. The van der Waals surface area contributed by atoms with Crippen molar-refractivity contribution in [2.45, 2.75) is 156 Å². The van der Waals surface area contributed by atoms with Gasteiger partial charge in [0.25, 0.3) is 0 Å². The Morgan fingerprint density at radius 3 is 1.70 bits per heavy atom. The Morgan fingerprint density at radius 1 is 0.633 bits per heavy atom. The van der Waals surface area contributed by atoms with Gasteiger partial charge < -0.3 is 0 Å². The SMILES string of the molecule is CCCCCCCCCCCCCCn1cc[n+](CCCCCCCCC(C)C)c1. The summed E-state index contributed by atoms with van der Waals surface area (Å²) >= 11 is 0. The van der Waals surface area contributed by atoms with Crippen LogP contribution in [-0.4, -0.2) is 4.57 Å². The van der Waals surface area contributed by atoms with Crippen molar-refractivity contribution in [3.05, 3.63) is 18.7 Å². The molecule has 1 aromatic heterocycles. The van der Waals surface area contributed by atoms with Crippen LogP contribution in [0.15, 0.2) is 18.7 Å². The molecule has 2 heteroatoms. The summed E-state index contributed by atoms with van der Waals surface area (Å²) in [5.41, 5.74) is 0. The second kappa shape index (κ2) is 20.1. The first-order chi connectivity index (χ1) is 14.7. The zero-order chi connectivity index (χ0) is 21.7. The highest BCUT2D eigenvalue weighted by Crippen LogP contribution is 2.13. The van der Waals surface area contributed by atoms with Crippen molar-refractivity contribution >= 4 is 0 Å². The minimum atomic E-state index is 0.875. The first-order valence-electron chi connectivity index (χ1n) is 13.8. The van der Waals surface area contributed by atoms with E-state index < -0.39 is 0 Å². The van der Waals surface area contributed by atoms with Crippen LogP contribution >= 0.6 is 0 Å². The molecule has 0 N–H and O–H groups in total. The predicted molar refractivity (Wildman–Crippen MR) is 133 cm³/mol. The number of hydrogen-bond acceptors (Lipinski definition) is 0. The van der Waals surface area contributed by atoms with E-state index in [2.05, 4.69) is 48.6 Å². The predicted octanol–water partition coefficient (Wildman–Crippen LogP) is 8.86. The van der Waals surface area contributed by atoms with Gasteiger partial charge in [-0.3, -0.25) is 0 Å². The van der Waals surface area contributed by atoms with Gasteiger partial charge in [0, 0.05) is 0 Å². The highest BCUT2D eigenvalue weighted by molar-refractivity contribution is 4.66. The number of aryl methyl sites for hydroxylation is 2. The molecule has 0 spiro atoms. The van der Waals surface area contributed by atoms with E-state index in [1.165, 1.54) is 135 Å². The molecule has 0 aliphatic heterocycles. The van der Waals surface area contributed by atoms with E-state index in [-0.39, 0.29) is 0 Å². The molecule has 0 amide bonds. The van der Waals surface area contributed by atoms with E-state index in [1.807, 2.05) is 0 Å². The molecule has 0 saturated carbocycles. The van der Waals surface area contributed by atoms with Crippen LogP contribution in [0.5, 0.6) is 0 Å². The summed E-state index contributed by atoms with van der Waals surface area (Å²) in [6, 6.07) is 0. The van der Waals surface area contributed by atoms with Crippen molar-refractivity contribution in [3.63, 3.8) is 0 Å². The standard InChI is InChI=1S/C28H55N2/c1-4-5-6-7-8-9-10-11-12-14-17-20-23-29-25-26-30(27-29)24-21-18-15-13-16-19-22-28(2)3/h25-28H,4-24H2,1-3H3/q+1. The molecule has 0 unspecified atom stereocenters. The molecule has 1 rings (SSSR count). The van der Waals surface area contributed by atoms with E-state index in [0.717, 1.165) is 5.92 Å². The molecule has 0 radical (unpaired) electrons. The summed E-state index contributed by atoms with van der Waals surface area (Å²) in [4.78, 5) is 0. The van der Waals surface area contributed by atoms with Gasteiger partial charge in [0.15, 0.2) is 0 Å². The Labute approximate surface area is 189 Å². The quantitative estimate of drug-likeness (QED) is 0.131. The van der Waals surface area contributed by atoms with Crippen LogP contribution < -0.4 is 4.57 Å². The minimum Gasteiger partial charge on any atom is -0.237 e. The van der Waals surface area contributed by atoms with Gasteiger partial charge in [0.1, 0.15) is 12.4 Å². The second-order valence-corrected chi connectivity index (χ2v) is 10.1. The average Bonchev–Trinajstić information content (AvgIpc) is 3.18. The molecular weight excluding hydrogens is 364 g/mol. The lowest BCUT2D eigenvalue weighted by Gasteiger charge is -2.04. The van der Waals surface area contributed by atoms with Crippen LogP contribution in [0.4, 0.5) is 0 Å². The molecular formula is C28H55N2+. The van der Waals surface area contributed by atoms with Crippen LogP contribution in [0.25, 0.3) is 0 Å². The van der Waals surface area contributed by atoms with Gasteiger partial charge in [-0.05, 0) is 31.6 Å². The van der Waals surface area contributed by atoms with Gasteiger partial charge in [-0.15, -0.1) is 0 Å². The first-order valence-corrected chi connectivity index (χ1v) is 13.8. The van der Waals surface area contributed by atoms with Gasteiger partial charge in [0.05, 0.1) is 13.1 Å². The largest absolute Gasteiger partial charge is 0.243 e. The smallest absolute Gasteiger partial charge is 0.237 e. The van der Waals surface area contributed by atoms with Crippen LogP contribution in [0.1, 0.15) is 143 Å². The van der Waals surface area contributed by atoms with Crippen LogP contribution in [0, 0.1) is 5.92 Å². The number of hydrogen-bond donors (Lipinski definition) is 0. The lowest BCUT2D eigenvalue weighted by molar-refractivity contribution is -0.696. The third-order valence-electron chi connectivity index (χ3n) is 6.46. The van der Waals surface area contributed by atoms with Crippen molar-refractivity contribution in [1.82, 2.24) is 4.57 Å². The summed E-state index contributed by atoms with van der Waals surface area (Å²) in [7, 11) is 0. The van der Waals surface area contributed by atoms with Crippen molar-refractivity contribution < 1.29 is 4.57 Å². The number of imidazole rings is 1. The van der Waals surface area contributed by atoms with Gasteiger partial charge in [0.2, 0.25) is 6.33 Å². The Kier molecular flexibility index (Phi) is 18.3.